The number of pyridine rings is 1. The van der Waals surface area contributed by atoms with Crippen molar-refractivity contribution < 1.29 is 8.42 Å². The Morgan fingerprint density at radius 1 is 1.56 bits per heavy atom. The molecule has 0 spiro atoms. The van der Waals surface area contributed by atoms with Gasteiger partial charge in [0.2, 0.25) is 9.05 Å². The van der Waals surface area contributed by atoms with Crippen LogP contribution in [0.3, 0.4) is 0 Å². The molecule has 0 aliphatic carbocycles. The maximum absolute atomic E-state index is 10.7. The number of hydrogen-bond acceptors (Lipinski definition) is 5. The molecule has 1 heterocycles. The molecule has 0 aliphatic rings. The highest BCUT2D eigenvalue weighted by atomic mass is 35.7. The van der Waals surface area contributed by atoms with E-state index in [-0.39, 0.29) is 5.75 Å². The summed E-state index contributed by atoms with van der Waals surface area (Å²) in [5, 5.41) is 9.37. The van der Waals surface area contributed by atoms with E-state index in [4.69, 9.17) is 15.9 Å². The van der Waals surface area contributed by atoms with Crippen LogP contribution in [0.5, 0.6) is 0 Å². The molecule has 0 N–H and O–H groups in total. The number of aryl methyl sites for hydroxylation is 1. The summed E-state index contributed by atoms with van der Waals surface area (Å²) in [4.78, 5) is 4.18. The van der Waals surface area contributed by atoms with E-state index in [2.05, 4.69) is 4.98 Å². The summed E-state index contributed by atoms with van der Waals surface area (Å²) < 4.78 is 21.4. The number of aromatic nitrogens is 1. The molecular formula is C9H9ClN2O2S2. The summed E-state index contributed by atoms with van der Waals surface area (Å²) in [6.45, 7) is 1.78. The normalized spacial score (nSPS) is 11.1. The molecule has 1 aromatic heterocycles. The second-order valence-corrected chi connectivity index (χ2v) is 7.05. The van der Waals surface area contributed by atoms with Gasteiger partial charge in [-0.05, 0) is 19.1 Å². The SMILES string of the molecule is Cc1cc(C#N)cc(SCCS(=O)(=O)Cl)n1. The predicted molar refractivity (Wildman–Crippen MR) is 64.1 cm³/mol. The van der Waals surface area contributed by atoms with Crippen LogP contribution in [-0.4, -0.2) is 24.9 Å². The van der Waals surface area contributed by atoms with E-state index in [1.165, 1.54) is 11.8 Å². The maximum Gasteiger partial charge on any atom is 0.233 e. The quantitative estimate of drug-likeness (QED) is 0.621. The summed E-state index contributed by atoms with van der Waals surface area (Å²) in [6, 6.07) is 5.31. The molecule has 0 atom stereocenters. The van der Waals surface area contributed by atoms with Gasteiger partial charge in [-0.25, -0.2) is 13.4 Å². The fourth-order valence-electron chi connectivity index (χ4n) is 1.02. The van der Waals surface area contributed by atoms with Crippen LogP contribution < -0.4 is 0 Å². The van der Waals surface area contributed by atoms with E-state index in [0.717, 1.165) is 5.69 Å². The molecule has 7 heteroatoms. The van der Waals surface area contributed by atoms with Crippen LogP contribution in [0.4, 0.5) is 0 Å². The van der Waals surface area contributed by atoms with Gasteiger partial charge >= 0.3 is 0 Å². The van der Waals surface area contributed by atoms with Gasteiger partial charge < -0.3 is 0 Å². The first-order valence-electron chi connectivity index (χ1n) is 4.34. The third-order valence-corrected chi connectivity index (χ3v) is 3.96. The first-order chi connectivity index (χ1) is 7.40. The number of rotatable bonds is 4. The van der Waals surface area contributed by atoms with E-state index in [9.17, 15) is 8.42 Å². The summed E-state index contributed by atoms with van der Waals surface area (Å²) in [5.74, 6) is 0.212. The Balaban J connectivity index is 2.68. The van der Waals surface area contributed by atoms with Gasteiger partial charge in [0.05, 0.1) is 22.4 Å². The van der Waals surface area contributed by atoms with Gasteiger partial charge in [-0.1, -0.05) is 0 Å². The van der Waals surface area contributed by atoms with Crippen LogP contribution in [0.15, 0.2) is 17.2 Å². The van der Waals surface area contributed by atoms with Crippen LogP contribution in [0, 0.1) is 18.3 Å². The number of nitriles is 1. The molecule has 0 radical (unpaired) electrons. The van der Waals surface area contributed by atoms with E-state index in [0.29, 0.717) is 16.3 Å². The number of hydrogen-bond donors (Lipinski definition) is 0. The summed E-state index contributed by atoms with van der Waals surface area (Å²) in [7, 11) is 1.61. The highest BCUT2D eigenvalue weighted by Gasteiger charge is 2.06. The third-order valence-electron chi connectivity index (χ3n) is 1.64. The van der Waals surface area contributed by atoms with E-state index < -0.39 is 9.05 Å². The molecule has 0 fully saturated rings. The van der Waals surface area contributed by atoms with E-state index in [1.54, 1.807) is 19.1 Å². The van der Waals surface area contributed by atoms with Gasteiger partial charge in [0.15, 0.2) is 0 Å². The number of halogens is 1. The molecule has 86 valence electrons. The van der Waals surface area contributed by atoms with E-state index >= 15 is 0 Å². The average Bonchev–Trinajstić information content (AvgIpc) is 2.14. The minimum Gasteiger partial charge on any atom is -0.247 e. The highest BCUT2D eigenvalue weighted by Crippen LogP contribution is 2.18. The number of thioether (sulfide) groups is 1. The Morgan fingerprint density at radius 3 is 2.81 bits per heavy atom. The molecule has 0 saturated carbocycles. The van der Waals surface area contributed by atoms with Gasteiger partial charge in [-0.15, -0.1) is 11.8 Å². The summed E-state index contributed by atoms with van der Waals surface area (Å²) in [5.41, 5.74) is 1.25. The lowest BCUT2D eigenvalue weighted by Crippen LogP contribution is -2.00. The van der Waals surface area contributed by atoms with Gasteiger partial charge in [0, 0.05) is 22.1 Å². The van der Waals surface area contributed by atoms with Crippen molar-refractivity contribution in [2.75, 3.05) is 11.5 Å². The van der Waals surface area contributed by atoms with Crippen LogP contribution >= 0.6 is 22.4 Å². The lowest BCUT2D eigenvalue weighted by Gasteiger charge is -2.01. The standard InChI is InChI=1S/C9H9ClN2O2S2/c1-7-4-8(6-11)5-9(12-7)15-2-3-16(10,13)14/h4-5H,2-3H2,1H3. The largest absolute Gasteiger partial charge is 0.247 e. The van der Waals surface area contributed by atoms with Crippen molar-refractivity contribution in [1.82, 2.24) is 4.98 Å². The zero-order valence-corrected chi connectivity index (χ0v) is 10.9. The molecule has 0 bridgehead atoms. The Bertz CT molecular complexity index is 523. The first-order valence-corrected chi connectivity index (χ1v) is 7.81. The van der Waals surface area contributed by atoms with Crippen molar-refractivity contribution >= 4 is 31.5 Å². The van der Waals surface area contributed by atoms with Crippen molar-refractivity contribution in [2.45, 2.75) is 11.9 Å². The Kier molecular flexibility index (Phi) is 4.59. The first kappa shape index (κ1) is 13.3. The van der Waals surface area contributed by atoms with Gasteiger partial charge in [-0.2, -0.15) is 5.26 Å². The van der Waals surface area contributed by atoms with Crippen LogP contribution in [-0.2, 0) is 9.05 Å². The molecule has 0 aliphatic heterocycles. The molecule has 1 aromatic rings. The Labute approximate surface area is 103 Å². The van der Waals surface area contributed by atoms with Crippen LogP contribution in [0.1, 0.15) is 11.3 Å². The number of nitrogens with zero attached hydrogens (tertiary/aromatic N) is 2. The average molecular weight is 277 g/mol. The third kappa shape index (κ3) is 4.84. The van der Waals surface area contributed by atoms with Gasteiger partial charge in [-0.3, -0.25) is 0 Å². The van der Waals surface area contributed by atoms with Crippen molar-refractivity contribution in [3.63, 3.8) is 0 Å². The lowest BCUT2D eigenvalue weighted by atomic mass is 10.2. The molecule has 4 nitrogen and oxygen atoms in total. The minimum absolute atomic E-state index is 0.114. The zero-order valence-electron chi connectivity index (χ0n) is 8.47. The lowest BCUT2D eigenvalue weighted by molar-refractivity contribution is 0.611. The monoisotopic (exact) mass is 276 g/mol. The smallest absolute Gasteiger partial charge is 0.233 e. The van der Waals surface area contributed by atoms with E-state index in [1.807, 2.05) is 6.07 Å². The fraction of sp³-hybridized carbons (Fsp3) is 0.333. The summed E-state index contributed by atoms with van der Waals surface area (Å²) >= 11 is 1.27. The van der Waals surface area contributed by atoms with Gasteiger partial charge in [0.1, 0.15) is 0 Å². The van der Waals surface area contributed by atoms with Crippen LogP contribution in [0.25, 0.3) is 0 Å². The zero-order chi connectivity index (χ0) is 12.2. The Morgan fingerprint density at radius 2 is 2.25 bits per heavy atom. The van der Waals surface area contributed by atoms with Crippen LogP contribution in [0.2, 0.25) is 0 Å². The predicted octanol–water partition coefficient (Wildman–Crippen LogP) is 1.92. The fourth-order valence-corrected chi connectivity index (χ4v) is 3.35. The molecule has 0 aromatic carbocycles. The Hall–Kier alpha value is -0.770. The molecule has 1 rings (SSSR count). The highest BCUT2D eigenvalue weighted by molar-refractivity contribution is 8.14. The van der Waals surface area contributed by atoms with Gasteiger partial charge in [0.25, 0.3) is 0 Å². The minimum atomic E-state index is -3.46. The molecular weight excluding hydrogens is 268 g/mol. The topological polar surface area (TPSA) is 70.8 Å². The second-order valence-electron chi connectivity index (χ2n) is 3.04. The molecule has 16 heavy (non-hydrogen) atoms. The van der Waals surface area contributed by atoms with Crippen molar-refractivity contribution in [2.24, 2.45) is 0 Å². The second kappa shape index (κ2) is 5.53. The molecule has 0 saturated heterocycles. The van der Waals surface area contributed by atoms with Crippen molar-refractivity contribution in [3.8, 4) is 6.07 Å². The maximum atomic E-state index is 10.7. The molecule has 0 unspecified atom stereocenters. The summed E-state index contributed by atoms with van der Waals surface area (Å²) in [6.07, 6.45) is 0. The van der Waals surface area contributed by atoms with Crippen molar-refractivity contribution in [3.05, 3.63) is 23.4 Å². The molecule has 0 amide bonds. The van der Waals surface area contributed by atoms with Crippen molar-refractivity contribution in [1.29, 1.82) is 5.26 Å².